The average molecular weight is 354 g/mol. The zero-order valence-corrected chi connectivity index (χ0v) is 14.5. The lowest BCUT2D eigenvalue weighted by Crippen LogP contribution is -2.47. The molecule has 1 aliphatic rings. The van der Waals surface area contributed by atoms with Gasteiger partial charge >= 0.3 is 5.69 Å². The highest BCUT2D eigenvalue weighted by molar-refractivity contribution is 5.81. The number of nitrogens with zero attached hydrogens (tertiary/aromatic N) is 1. The molecule has 9 heteroatoms. The lowest BCUT2D eigenvalue weighted by atomic mass is 10.1. The van der Waals surface area contributed by atoms with E-state index in [1.807, 2.05) is 6.92 Å². The molecule has 0 aliphatic carbocycles. The highest BCUT2D eigenvalue weighted by atomic mass is 16.5. The van der Waals surface area contributed by atoms with Crippen molar-refractivity contribution < 1.29 is 14.6 Å². The van der Waals surface area contributed by atoms with E-state index in [0.717, 1.165) is 12.8 Å². The minimum Gasteiger partial charge on any atom is -0.394 e. The summed E-state index contributed by atoms with van der Waals surface area (Å²) in [6, 6.07) is -1.15. The topological polar surface area (TPSA) is 139 Å². The maximum absolute atomic E-state index is 12.1. The van der Waals surface area contributed by atoms with E-state index < -0.39 is 35.7 Å². The van der Waals surface area contributed by atoms with Gasteiger partial charge in [-0.25, -0.2) is 4.79 Å². The van der Waals surface area contributed by atoms with Gasteiger partial charge in [-0.05, 0) is 19.8 Å². The van der Waals surface area contributed by atoms with E-state index in [1.54, 1.807) is 6.92 Å². The Kier molecular flexibility index (Phi) is 6.51. The Morgan fingerprint density at radius 2 is 2.28 bits per heavy atom. The molecule has 0 radical (unpaired) electrons. The number of H-pyrrole nitrogens is 1. The molecule has 1 fully saturated rings. The summed E-state index contributed by atoms with van der Waals surface area (Å²) >= 11 is 0. The molecule has 1 aliphatic heterocycles. The number of aliphatic hydroxyl groups excluding tert-OH is 1. The molecule has 1 saturated heterocycles. The summed E-state index contributed by atoms with van der Waals surface area (Å²) in [6.45, 7) is 3.27. The van der Waals surface area contributed by atoms with Gasteiger partial charge < -0.3 is 20.9 Å². The van der Waals surface area contributed by atoms with Crippen molar-refractivity contribution in [3.05, 3.63) is 32.6 Å². The number of aromatic nitrogens is 2. The Labute approximate surface area is 145 Å². The highest BCUT2D eigenvalue weighted by Gasteiger charge is 2.37. The van der Waals surface area contributed by atoms with Crippen LogP contribution in [0.5, 0.6) is 0 Å². The number of amides is 1. The molecule has 0 bridgehead atoms. The molecule has 4 atom stereocenters. The third-order valence-corrected chi connectivity index (χ3v) is 4.31. The summed E-state index contributed by atoms with van der Waals surface area (Å²) in [5.41, 5.74) is 5.08. The first-order chi connectivity index (χ1) is 11.9. The number of hydrogen-bond donors (Lipinski definition) is 4. The van der Waals surface area contributed by atoms with Gasteiger partial charge in [0, 0.05) is 18.2 Å². The first-order valence-electron chi connectivity index (χ1n) is 8.54. The van der Waals surface area contributed by atoms with Crippen LogP contribution in [0.4, 0.5) is 0 Å². The van der Waals surface area contributed by atoms with E-state index in [4.69, 9.17) is 10.5 Å². The van der Waals surface area contributed by atoms with Gasteiger partial charge in [0.2, 0.25) is 5.91 Å². The van der Waals surface area contributed by atoms with Gasteiger partial charge in [0.05, 0.1) is 18.7 Å². The molecule has 1 aromatic heterocycles. The second kappa shape index (κ2) is 8.41. The second-order valence-electron chi connectivity index (χ2n) is 6.38. The van der Waals surface area contributed by atoms with Crippen LogP contribution in [0.1, 0.15) is 44.9 Å². The van der Waals surface area contributed by atoms with Crippen molar-refractivity contribution in [3.63, 3.8) is 0 Å². The molecule has 140 valence electrons. The lowest BCUT2D eigenvalue weighted by molar-refractivity contribution is -0.123. The quantitative estimate of drug-likeness (QED) is 0.495. The van der Waals surface area contributed by atoms with E-state index in [0.29, 0.717) is 18.4 Å². The fourth-order valence-electron chi connectivity index (χ4n) is 2.82. The maximum atomic E-state index is 12.1. The number of nitrogens with two attached hydrogens (primary N) is 1. The number of nitrogens with one attached hydrogen (secondary N) is 2. The fraction of sp³-hybridized carbons (Fsp3) is 0.688. The maximum Gasteiger partial charge on any atom is 0.330 e. The summed E-state index contributed by atoms with van der Waals surface area (Å²) in [6.07, 6.45) is 2.79. The van der Waals surface area contributed by atoms with Gasteiger partial charge in [0.1, 0.15) is 12.3 Å². The summed E-state index contributed by atoms with van der Waals surface area (Å²) in [5, 5.41) is 12.2. The van der Waals surface area contributed by atoms with Gasteiger partial charge in [-0.2, -0.15) is 0 Å². The number of aliphatic hydroxyl groups is 1. The zero-order valence-electron chi connectivity index (χ0n) is 14.5. The molecule has 0 spiro atoms. The Hall–Kier alpha value is -1.97. The van der Waals surface area contributed by atoms with E-state index in [1.165, 1.54) is 10.8 Å². The third-order valence-electron chi connectivity index (χ3n) is 4.31. The van der Waals surface area contributed by atoms with Crippen LogP contribution in [0.15, 0.2) is 15.8 Å². The number of unbranched alkanes of at least 4 members (excludes halogenated alkanes) is 1. The minimum atomic E-state index is -0.685. The van der Waals surface area contributed by atoms with Crippen LogP contribution in [0, 0.1) is 0 Å². The van der Waals surface area contributed by atoms with Gasteiger partial charge in [0.15, 0.2) is 0 Å². The number of carbonyl (C=O) groups excluding carboxylic acids is 1. The SMILES string of the molecule is CCCCc1cn([C@H]2C[C@H](NC(=O)[C@H](C)N)[C@@H](CO)O2)c(=O)[nH]c1=O. The first kappa shape index (κ1) is 19.4. The largest absolute Gasteiger partial charge is 0.394 e. The predicted molar refractivity (Wildman–Crippen MR) is 91.1 cm³/mol. The summed E-state index contributed by atoms with van der Waals surface area (Å²) in [7, 11) is 0. The monoisotopic (exact) mass is 354 g/mol. The summed E-state index contributed by atoms with van der Waals surface area (Å²) < 4.78 is 7.02. The molecular formula is C16H26N4O5. The van der Waals surface area contributed by atoms with Crippen LogP contribution in [-0.4, -0.2) is 45.4 Å². The van der Waals surface area contributed by atoms with Crippen molar-refractivity contribution in [3.8, 4) is 0 Å². The third kappa shape index (κ3) is 4.56. The second-order valence-corrected chi connectivity index (χ2v) is 6.38. The molecule has 25 heavy (non-hydrogen) atoms. The molecule has 2 heterocycles. The van der Waals surface area contributed by atoms with Crippen LogP contribution in [0.3, 0.4) is 0 Å². The van der Waals surface area contributed by atoms with Crippen LogP contribution in [0.2, 0.25) is 0 Å². The average Bonchev–Trinajstić information content (AvgIpc) is 2.96. The summed E-state index contributed by atoms with van der Waals surface area (Å²) in [4.78, 5) is 38.1. The lowest BCUT2D eigenvalue weighted by Gasteiger charge is -2.18. The van der Waals surface area contributed by atoms with Crippen molar-refractivity contribution in [1.82, 2.24) is 14.9 Å². The van der Waals surface area contributed by atoms with Crippen molar-refractivity contribution in [2.24, 2.45) is 5.73 Å². The van der Waals surface area contributed by atoms with Gasteiger partial charge in [0.25, 0.3) is 5.56 Å². The number of rotatable bonds is 7. The Balaban J connectivity index is 2.22. The number of carbonyl (C=O) groups is 1. The molecular weight excluding hydrogens is 328 g/mol. The Morgan fingerprint density at radius 1 is 1.56 bits per heavy atom. The Morgan fingerprint density at radius 3 is 2.88 bits per heavy atom. The van der Waals surface area contributed by atoms with Crippen molar-refractivity contribution in [2.45, 2.75) is 63.9 Å². The van der Waals surface area contributed by atoms with Crippen molar-refractivity contribution in [2.75, 3.05) is 6.61 Å². The number of aromatic amines is 1. The molecule has 1 aromatic rings. The van der Waals surface area contributed by atoms with Crippen LogP contribution in [0.25, 0.3) is 0 Å². The highest BCUT2D eigenvalue weighted by Crippen LogP contribution is 2.27. The minimum absolute atomic E-state index is 0.294. The first-order valence-corrected chi connectivity index (χ1v) is 8.54. The van der Waals surface area contributed by atoms with E-state index >= 15 is 0 Å². The zero-order chi connectivity index (χ0) is 18.6. The Bertz CT molecular complexity index is 711. The molecule has 5 N–H and O–H groups in total. The van der Waals surface area contributed by atoms with Crippen LogP contribution in [-0.2, 0) is 16.0 Å². The van der Waals surface area contributed by atoms with Crippen LogP contribution >= 0.6 is 0 Å². The van der Waals surface area contributed by atoms with Gasteiger partial charge in [-0.3, -0.25) is 19.1 Å². The summed E-state index contributed by atoms with van der Waals surface area (Å²) in [5.74, 6) is -0.356. The smallest absolute Gasteiger partial charge is 0.330 e. The van der Waals surface area contributed by atoms with E-state index in [-0.39, 0.29) is 12.5 Å². The van der Waals surface area contributed by atoms with Crippen molar-refractivity contribution >= 4 is 5.91 Å². The number of ether oxygens (including phenoxy) is 1. The predicted octanol–water partition coefficient (Wildman–Crippen LogP) is -1.01. The number of hydrogen-bond acceptors (Lipinski definition) is 6. The molecule has 0 saturated carbocycles. The molecule has 9 nitrogen and oxygen atoms in total. The molecule has 0 unspecified atom stereocenters. The van der Waals surface area contributed by atoms with Crippen LogP contribution < -0.4 is 22.3 Å². The van der Waals surface area contributed by atoms with E-state index in [2.05, 4.69) is 10.3 Å². The fourth-order valence-corrected chi connectivity index (χ4v) is 2.82. The molecule has 1 amide bonds. The van der Waals surface area contributed by atoms with Crippen molar-refractivity contribution in [1.29, 1.82) is 0 Å². The van der Waals surface area contributed by atoms with E-state index in [9.17, 15) is 19.5 Å². The van der Waals surface area contributed by atoms with Gasteiger partial charge in [-0.15, -0.1) is 0 Å². The van der Waals surface area contributed by atoms with Gasteiger partial charge in [-0.1, -0.05) is 13.3 Å². The number of aryl methyl sites for hydroxylation is 1. The molecule has 2 rings (SSSR count). The molecule has 0 aromatic carbocycles. The standard InChI is InChI=1S/C16H26N4O5/c1-3-4-5-10-7-20(16(24)19-15(10)23)13-6-11(12(8-21)25-13)18-14(22)9(2)17/h7,9,11-13,21H,3-6,8,17H2,1-2H3,(H,18,22)(H,19,23,24)/t9-,11-,12+,13+/m0/s1. The normalized spacial score (nSPS) is 24.2.